The summed E-state index contributed by atoms with van der Waals surface area (Å²) in [6.07, 6.45) is 0.811. The Morgan fingerprint density at radius 3 is 2.46 bits per heavy atom. The molecule has 2 rings (SSSR count). The van der Waals surface area contributed by atoms with E-state index in [9.17, 15) is 9.59 Å². The van der Waals surface area contributed by atoms with Gasteiger partial charge in [-0.05, 0) is 50.8 Å². The number of amides is 1. The summed E-state index contributed by atoms with van der Waals surface area (Å²) < 4.78 is 1.16. The third-order valence-corrected chi connectivity index (χ3v) is 4.60. The Labute approximate surface area is 162 Å². The summed E-state index contributed by atoms with van der Waals surface area (Å²) in [5.74, 6) is -0.231. The van der Waals surface area contributed by atoms with Crippen molar-refractivity contribution in [2.45, 2.75) is 13.0 Å². The fourth-order valence-corrected chi connectivity index (χ4v) is 2.79. The summed E-state index contributed by atoms with van der Waals surface area (Å²) >= 11 is 12.1. The van der Waals surface area contributed by atoms with E-state index in [2.05, 4.69) is 10.00 Å². The molecule has 0 radical (unpaired) electrons. The number of hydrogen-bond donors (Lipinski definition) is 0. The summed E-state index contributed by atoms with van der Waals surface area (Å²) in [7, 11) is 5.49. The van der Waals surface area contributed by atoms with Crippen molar-refractivity contribution in [3.05, 3.63) is 62.0 Å². The van der Waals surface area contributed by atoms with E-state index in [0.717, 1.165) is 23.2 Å². The molecule has 0 unspecified atom stereocenters. The van der Waals surface area contributed by atoms with Crippen LogP contribution in [0.5, 0.6) is 0 Å². The molecule has 1 heterocycles. The smallest absolute Gasteiger partial charge is 0.274 e. The van der Waals surface area contributed by atoms with Gasteiger partial charge in [-0.25, -0.2) is 4.68 Å². The molecule has 0 saturated carbocycles. The molecule has 26 heavy (non-hydrogen) atoms. The van der Waals surface area contributed by atoms with Crippen molar-refractivity contribution in [2.75, 3.05) is 27.2 Å². The van der Waals surface area contributed by atoms with Gasteiger partial charge in [-0.2, -0.15) is 5.10 Å². The molecular weight excluding hydrogens is 375 g/mol. The Morgan fingerprint density at radius 1 is 1.12 bits per heavy atom. The molecule has 1 aromatic carbocycles. The fourth-order valence-electron chi connectivity index (χ4n) is 2.47. The van der Waals surface area contributed by atoms with Crippen molar-refractivity contribution < 1.29 is 4.79 Å². The molecule has 0 saturated heterocycles. The SMILES string of the molecule is CN(C)CCCN(Cc1ccc(Cl)c(Cl)c1)C(=O)c1ccc(=O)n(C)n1. The summed E-state index contributed by atoms with van der Waals surface area (Å²) in [4.78, 5) is 28.2. The van der Waals surface area contributed by atoms with Crippen LogP contribution in [0.3, 0.4) is 0 Å². The van der Waals surface area contributed by atoms with Gasteiger partial charge in [-0.15, -0.1) is 0 Å². The monoisotopic (exact) mass is 396 g/mol. The van der Waals surface area contributed by atoms with Crippen LogP contribution in [0.1, 0.15) is 22.5 Å². The van der Waals surface area contributed by atoms with Gasteiger partial charge in [0.15, 0.2) is 0 Å². The van der Waals surface area contributed by atoms with Crippen LogP contribution in [0.15, 0.2) is 35.1 Å². The molecule has 0 atom stereocenters. The first-order valence-electron chi connectivity index (χ1n) is 8.20. The number of nitrogens with zero attached hydrogens (tertiary/aromatic N) is 4. The number of benzene rings is 1. The average molecular weight is 397 g/mol. The molecule has 0 aliphatic carbocycles. The molecule has 2 aromatic rings. The normalized spacial score (nSPS) is 11.0. The van der Waals surface area contributed by atoms with Gasteiger partial charge in [0, 0.05) is 26.2 Å². The van der Waals surface area contributed by atoms with Crippen LogP contribution in [0.2, 0.25) is 10.0 Å². The quantitative estimate of drug-likeness (QED) is 0.721. The van der Waals surface area contributed by atoms with E-state index in [1.165, 1.54) is 19.2 Å². The molecule has 6 nitrogen and oxygen atoms in total. The summed E-state index contributed by atoms with van der Waals surface area (Å²) in [5, 5.41) is 4.99. The predicted molar refractivity (Wildman–Crippen MR) is 104 cm³/mol. The second-order valence-corrected chi connectivity index (χ2v) is 7.13. The van der Waals surface area contributed by atoms with Crippen molar-refractivity contribution in [1.82, 2.24) is 19.6 Å². The minimum atomic E-state index is -0.259. The van der Waals surface area contributed by atoms with Crippen LogP contribution in [0.4, 0.5) is 0 Å². The lowest BCUT2D eigenvalue weighted by Gasteiger charge is -2.23. The molecule has 0 fully saturated rings. The first-order valence-corrected chi connectivity index (χ1v) is 8.96. The zero-order valence-electron chi connectivity index (χ0n) is 15.1. The summed E-state index contributed by atoms with van der Waals surface area (Å²) in [6, 6.07) is 8.11. The topological polar surface area (TPSA) is 58.4 Å². The first kappa shape index (κ1) is 20.4. The van der Waals surface area contributed by atoms with Gasteiger partial charge in [-0.3, -0.25) is 9.59 Å². The Hall–Kier alpha value is -1.89. The van der Waals surface area contributed by atoms with Crippen molar-refractivity contribution >= 4 is 29.1 Å². The van der Waals surface area contributed by atoms with Crippen LogP contribution >= 0.6 is 23.2 Å². The second-order valence-electron chi connectivity index (χ2n) is 6.31. The molecule has 1 aromatic heterocycles. The lowest BCUT2D eigenvalue weighted by Crippen LogP contribution is -2.35. The third-order valence-electron chi connectivity index (χ3n) is 3.86. The van der Waals surface area contributed by atoms with E-state index in [1.807, 2.05) is 20.2 Å². The lowest BCUT2D eigenvalue weighted by atomic mass is 10.2. The second kappa shape index (κ2) is 9.16. The van der Waals surface area contributed by atoms with Gasteiger partial charge in [-0.1, -0.05) is 29.3 Å². The molecule has 8 heteroatoms. The van der Waals surface area contributed by atoms with Crippen molar-refractivity contribution in [3.8, 4) is 0 Å². The number of carbonyl (C=O) groups is 1. The van der Waals surface area contributed by atoms with Gasteiger partial charge >= 0.3 is 0 Å². The van der Waals surface area contributed by atoms with E-state index < -0.39 is 0 Å². The minimum Gasteiger partial charge on any atom is -0.333 e. The number of aromatic nitrogens is 2. The Morgan fingerprint density at radius 2 is 1.85 bits per heavy atom. The van der Waals surface area contributed by atoms with Gasteiger partial charge < -0.3 is 9.80 Å². The first-order chi connectivity index (χ1) is 12.3. The van der Waals surface area contributed by atoms with Crippen LogP contribution in [-0.2, 0) is 13.6 Å². The molecule has 0 bridgehead atoms. The summed E-state index contributed by atoms with van der Waals surface area (Å²) in [5.41, 5.74) is 0.852. The highest BCUT2D eigenvalue weighted by atomic mass is 35.5. The van der Waals surface area contributed by atoms with Crippen molar-refractivity contribution in [3.63, 3.8) is 0 Å². The Bertz CT molecular complexity index is 836. The number of rotatable bonds is 7. The fraction of sp³-hybridized carbons (Fsp3) is 0.389. The van der Waals surface area contributed by atoms with E-state index in [4.69, 9.17) is 23.2 Å². The van der Waals surface area contributed by atoms with Crippen molar-refractivity contribution in [2.24, 2.45) is 7.05 Å². The molecule has 0 spiro atoms. The molecule has 0 aliphatic heterocycles. The predicted octanol–water partition coefficient (Wildman–Crippen LogP) is 2.68. The van der Waals surface area contributed by atoms with Crippen LogP contribution in [0, 0.1) is 0 Å². The Balaban J connectivity index is 2.23. The van der Waals surface area contributed by atoms with Gasteiger partial charge in [0.1, 0.15) is 5.69 Å². The highest BCUT2D eigenvalue weighted by molar-refractivity contribution is 6.42. The Kier molecular flexibility index (Phi) is 7.20. The third kappa shape index (κ3) is 5.56. The highest BCUT2D eigenvalue weighted by Gasteiger charge is 2.18. The maximum absolute atomic E-state index is 12.9. The van der Waals surface area contributed by atoms with Gasteiger partial charge in [0.25, 0.3) is 11.5 Å². The molecular formula is C18H22Cl2N4O2. The van der Waals surface area contributed by atoms with E-state index in [1.54, 1.807) is 17.0 Å². The highest BCUT2D eigenvalue weighted by Crippen LogP contribution is 2.23. The van der Waals surface area contributed by atoms with Gasteiger partial charge in [0.05, 0.1) is 10.0 Å². The number of aryl methyl sites for hydroxylation is 1. The number of halogens is 2. The van der Waals surface area contributed by atoms with E-state index in [-0.39, 0.29) is 17.2 Å². The molecule has 140 valence electrons. The van der Waals surface area contributed by atoms with Crippen molar-refractivity contribution in [1.29, 1.82) is 0 Å². The molecule has 1 amide bonds. The van der Waals surface area contributed by atoms with E-state index >= 15 is 0 Å². The van der Waals surface area contributed by atoms with Crippen LogP contribution in [0.25, 0.3) is 0 Å². The number of hydrogen-bond acceptors (Lipinski definition) is 4. The zero-order valence-corrected chi connectivity index (χ0v) is 16.6. The van der Waals surface area contributed by atoms with Crippen LogP contribution < -0.4 is 5.56 Å². The molecule has 0 aliphatic rings. The number of carbonyl (C=O) groups excluding carboxylic acids is 1. The van der Waals surface area contributed by atoms with Gasteiger partial charge in [0.2, 0.25) is 0 Å². The van der Waals surface area contributed by atoms with E-state index in [0.29, 0.717) is 23.1 Å². The summed E-state index contributed by atoms with van der Waals surface area (Å²) in [6.45, 7) is 1.79. The average Bonchev–Trinajstić information content (AvgIpc) is 2.58. The minimum absolute atomic E-state index is 0.231. The zero-order chi connectivity index (χ0) is 19.3. The lowest BCUT2D eigenvalue weighted by molar-refractivity contribution is 0.0729. The molecule has 0 N–H and O–H groups in total. The maximum atomic E-state index is 12.9. The largest absolute Gasteiger partial charge is 0.333 e. The standard InChI is InChI=1S/C18H22Cl2N4O2/c1-22(2)9-4-10-24(12-13-5-6-14(19)15(20)11-13)18(26)16-7-8-17(25)23(3)21-16/h5-8,11H,4,9-10,12H2,1-3H3. The van der Waals surface area contributed by atoms with Crippen LogP contribution in [-0.4, -0.2) is 52.7 Å². The maximum Gasteiger partial charge on any atom is 0.274 e.